The Bertz CT molecular complexity index is 3210. The molecule has 0 saturated carbocycles. The number of para-hydroxylation sites is 2. The van der Waals surface area contributed by atoms with Gasteiger partial charge in [0.25, 0.3) is 0 Å². The van der Waals surface area contributed by atoms with E-state index in [4.69, 9.17) is 4.98 Å². The predicted molar refractivity (Wildman–Crippen MR) is 225 cm³/mol. The summed E-state index contributed by atoms with van der Waals surface area (Å²) in [5, 5.41) is 11.0. The molecule has 0 aliphatic carbocycles. The molecule has 2 aromatic heterocycles. The van der Waals surface area contributed by atoms with Crippen molar-refractivity contribution in [3.8, 4) is 39.2 Å². The number of fused-ring (bicyclic) bond motifs is 9. The fourth-order valence-electron chi connectivity index (χ4n) is 8.35. The largest absolute Gasteiger partial charge is 0.309 e. The molecular weight excluding hydrogens is 641 g/mol. The molecule has 0 saturated heterocycles. The molecule has 11 rings (SSSR count). The molecule has 0 aliphatic heterocycles. The van der Waals surface area contributed by atoms with Gasteiger partial charge in [0.15, 0.2) is 0 Å². The summed E-state index contributed by atoms with van der Waals surface area (Å²) >= 11 is 0. The molecule has 2 nitrogen and oxygen atoms in total. The average molecular weight is 673 g/mol. The Hall–Kier alpha value is -7.03. The van der Waals surface area contributed by atoms with Gasteiger partial charge in [0.05, 0.1) is 22.2 Å². The van der Waals surface area contributed by atoms with Crippen LogP contribution in [0.2, 0.25) is 0 Å². The summed E-state index contributed by atoms with van der Waals surface area (Å²) in [5.74, 6) is 0. The molecule has 0 N–H and O–H groups in total. The first kappa shape index (κ1) is 29.7. The van der Waals surface area contributed by atoms with E-state index >= 15 is 0 Å². The summed E-state index contributed by atoms with van der Waals surface area (Å²) in [7, 11) is 0. The number of rotatable bonds is 4. The summed E-state index contributed by atoms with van der Waals surface area (Å²) in [4.78, 5) is 5.33. The van der Waals surface area contributed by atoms with Gasteiger partial charge in [-0.25, -0.2) is 4.98 Å². The normalized spacial score (nSPS) is 11.8. The van der Waals surface area contributed by atoms with Crippen molar-refractivity contribution in [3.63, 3.8) is 0 Å². The van der Waals surface area contributed by atoms with Crippen LogP contribution in [-0.4, -0.2) is 9.55 Å². The maximum Gasteiger partial charge on any atom is 0.0809 e. The van der Waals surface area contributed by atoms with E-state index in [2.05, 4.69) is 199 Å². The second kappa shape index (κ2) is 11.8. The van der Waals surface area contributed by atoms with Crippen LogP contribution in [0.25, 0.3) is 104 Å². The zero-order chi connectivity index (χ0) is 34.9. The van der Waals surface area contributed by atoms with E-state index in [1.54, 1.807) is 0 Å². The lowest BCUT2D eigenvalue weighted by molar-refractivity contribution is 1.19. The Morgan fingerprint density at radius 2 is 0.887 bits per heavy atom. The molecule has 0 amide bonds. The van der Waals surface area contributed by atoms with E-state index in [0.717, 1.165) is 27.8 Å². The highest BCUT2D eigenvalue weighted by molar-refractivity contribution is 6.25. The Labute approximate surface area is 306 Å². The van der Waals surface area contributed by atoms with E-state index in [1.165, 1.54) is 76.4 Å². The highest BCUT2D eigenvalue weighted by Gasteiger charge is 2.20. The molecule has 0 atom stereocenters. The highest BCUT2D eigenvalue weighted by Crippen LogP contribution is 2.42. The van der Waals surface area contributed by atoms with Crippen molar-refractivity contribution in [2.24, 2.45) is 0 Å². The van der Waals surface area contributed by atoms with Gasteiger partial charge in [-0.05, 0) is 91.6 Å². The Morgan fingerprint density at radius 1 is 0.340 bits per heavy atom. The smallest absolute Gasteiger partial charge is 0.0809 e. The van der Waals surface area contributed by atoms with Crippen LogP contribution in [0.5, 0.6) is 0 Å². The Kier molecular flexibility index (Phi) is 6.59. The molecule has 53 heavy (non-hydrogen) atoms. The van der Waals surface area contributed by atoms with Crippen molar-refractivity contribution >= 4 is 65.0 Å². The van der Waals surface area contributed by atoms with Crippen molar-refractivity contribution in [2.75, 3.05) is 0 Å². The number of hydrogen-bond donors (Lipinski definition) is 0. The quantitative estimate of drug-likeness (QED) is 0.170. The first-order chi connectivity index (χ1) is 26.3. The van der Waals surface area contributed by atoms with Crippen LogP contribution in [0.15, 0.2) is 194 Å². The molecule has 0 fully saturated rings. The van der Waals surface area contributed by atoms with Crippen LogP contribution in [0.4, 0.5) is 0 Å². The number of nitrogens with zero attached hydrogens (tertiary/aromatic N) is 2. The Morgan fingerprint density at radius 3 is 1.64 bits per heavy atom. The monoisotopic (exact) mass is 672 g/mol. The third-order valence-corrected chi connectivity index (χ3v) is 10.9. The van der Waals surface area contributed by atoms with Gasteiger partial charge in [-0.1, -0.05) is 152 Å². The summed E-state index contributed by atoms with van der Waals surface area (Å²) in [6, 6.07) is 70.4. The molecule has 0 spiro atoms. The topological polar surface area (TPSA) is 17.8 Å². The second-order valence-corrected chi connectivity index (χ2v) is 14.0. The van der Waals surface area contributed by atoms with Crippen LogP contribution < -0.4 is 0 Å². The molecule has 0 radical (unpaired) electrons. The van der Waals surface area contributed by atoms with Crippen LogP contribution in [0.1, 0.15) is 0 Å². The van der Waals surface area contributed by atoms with Crippen molar-refractivity contribution in [1.82, 2.24) is 9.55 Å². The lowest BCUT2D eigenvalue weighted by atomic mass is 9.96. The van der Waals surface area contributed by atoms with Crippen molar-refractivity contribution in [2.45, 2.75) is 0 Å². The molecule has 0 aliphatic rings. The first-order valence-electron chi connectivity index (χ1n) is 18.2. The number of hydrogen-bond acceptors (Lipinski definition) is 1. The van der Waals surface area contributed by atoms with E-state index in [9.17, 15) is 0 Å². The first-order valence-corrected chi connectivity index (χ1v) is 18.2. The minimum absolute atomic E-state index is 1.01. The maximum absolute atomic E-state index is 5.33. The molecule has 11 aromatic rings. The Balaban J connectivity index is 1.05. The van der Waals surface area contributed by atoms with Crippen molar-refractivity contribution in [3.05, 3.63) is 194 Å². The molecule has 2 heteroatoms. The fourth-order valence-corrected chi connectivity index (χ4v) is 8.35. The standard InChI is InChI=1S/C51H32N2/c1-2-11-35(12-3-1)50-49-45(43-14-6-8-16-47(43)52-50)28-29-46-44-15-7-9-17-48(44)53(51(46)49)42-26-24-34(25-27-42)37-20-21-40-32-41(23-22-39(40)31-37)38-19-18-33-10-4-5-13-36(33)30-38/h1-32H. The van der Waals surface area contributed by atoms with Crippen LogP contribution in [-0.2, 0) is 0 Å². The van der Waals surface area contributed by atoms with Gasteiger partial charge in [-0.15, -0.1) is 0 Å². The van der Waals surface area contributed by atoms with Gasteiger partial charge in [0.2, 0.25) is 0 Å². The van der Waals surface area contributed by atoms with E-state index in [1.807, 2.05) is 0 Å². The van der Waals surface area contributed by atoms with Crippen LogP contribution in [0, 0.1) is 0 Å². The third-order valence-electron chi connectivity index (χ3n) is 10.9. The van der Waals surface area contributed by atoms with Crippen LogP contribution >= 0.6 is 0 Å². The van der Waals surface area contributed by atoms with E-state index in [-0.39, 0.29) is 0 Å². The summed E-state index contributed by atoms with van der Waals surface area (Å²) in [5.41, 5.74) is 11.5. The predicted octanol–water partition coefficient (Wildman–Crippen LogP) is 13.8. The maximum atomic E-state index is 5.33. The van der Waals surface area contributed by atoms with E-state index in [0.29, 0.717) is 0 Å². The zero-order valence-electron chi connectivity index (χ0n) is 28.9. The molecule has 246 valence electrons. The van der Waals surface area contributed by atoms with Gasteiger partial charge in [-0.2, -0.15) is 0 Å². The number of benzene rings is 9. The summed E-state index contributed by atoms with van der Waals surface area (Å²) < 4.78 is 2.44. The second-order valence-electron chi connectivity index (χ2n) is 14.0. The lowest BCUT2D eigenvalue weighted by Crippen LogP contribution is -1.97. The van der Waals surface area contributed by atoms with Gasteiger partial charge in [-0.3, -0.25) is 0 Å². The lowest BCUT2D eigenvalue weighted by Gasteiger charge is -2.15. The minimum atomic E-state index is 1.01. The third kappa shape index (κ3) is 4.77. The molecular formula is C51H32N2. The van der Waals surface area contributed by atoms with Crippen LogP contribution in [0.3, 0.4) is 0 Å². The van der Waals surface area contributed by atoms with E-state index < -0.39 is 0 Å². The minimum Gasteiger partial charge on any atom is -0.309 e. The number of aromatic nitrogens is 2. The number of pyridine rings is 1. The summed E-state index contributed by atoms with van der Waals surface area (Å²) in [6.07, 6.45) is 0. The average Bonchev–Trinajstić information content (AvgIpc) is 3.58. The molecule has 2 heterocycles. The zero-order valence-corrected chi connectivity index (χ0v) is 28.9. The highest BCUT2D eigenvalue weighted by atomic mass is 15.0. The molecule has 0 unspecified atom stereocenters. The summed E-state index contributed by atoms with van der Waals surface area (Å²) in [6.45, 7) is 0. The van der Waals surface area contributed by atoms with Gasteiger partial charge in [0, 0.05) is 32.8 Å². The van der Waals surface area contributed by atoms with Crippen molar-refractivity contribution < 1.29 is 0 Å². The van der Waals surface area contributed by atoms with Gasteiger partial charge in [0.1, 0.15) is 0 Å². The SMILES string of the molecule is c1ccc(-c2nc3ccccc3c3ccc4c5ccccc5n(-c5ccc(-c6ccc7cc(-c8ccc9ccccc9c8)ccc7c6)cc5)c4c23)cc1. The van der Waals surface area contributed by atoms with Crippen molar-refractivity contribution in [1.29, 1.82) is 0 Å². The fraction of sp³-hybridized carbons (Fsp3) is 0. The molecule has 0 bridgehead atoms. The van der Waals surface area contributed by atoms with Gasteiger partial charge >= 0.3 is 0 Å². The molecule has 9 aromatic carbocycles. The van der Waals surface area contributed by atoms with Gasteiger partial charge < -0.3 is 4.57 Å².